The number of likely N-dealkylation sites (tertiary alicyclic amines) is 1. The molecule has 0 radical (unpaired) electrons. The van der Waals surface area contributed by atoms with E-state index in [1.807, 2.05) is 0 Å². The molecule has 3 fully saturated rings. The van der Waals surface area contributed by atoms with E-state index in [2.05, 4.69) is 0 Å². The van der Waals surface area contributed by atoms with E-state index >= 15 is 0 Å². The second kappa shape index (κ2) is 7.85. The number of primary amides is 1. The maximum absolute atomic E-state index is 12.8. The molecule has 2 amide bonds. The average Bonchev–Trinajstić information content (AvgIpc) is 3.16. The number of carbonyl (C=O) groups excluding carboxylic acids is 3. The number of nitrogens with zero attached hydrogens (tertiary/aromatic N) is 1. The second-order valence-electron chi connectivity index (χ2n) is 7.99. The first-order chi connectivity index (χ1) is 12.0. The van der Waals surface area contributed by atoms with Crippen LogP contribution in [0.25, 0.3) is 0 Å². The van der Waals surface area contributed by atoms with Gasteiger partial charge in [0.25, 0.3) is 0 Å². The largest absolute Gasteiger partial charge is 0.375 e. The van der Waals surface area contributed by atoms with Gasteiger partial charge in [-0.25, -0.2) is 0 Å². The molecule has 2 saturated carbocycles. The summed E-state index contributed by atoms with van der Waals surface area (Å²) in [6.45, 7) is 2.06. The van der Waals surface area contributed by atoms with Crippen LogP contribution in [-0.4, -0.2) is 47.3 Å². The lowest BCUT2D eigenvalue weighted by Gasteiger charge is -2.31. The molecule has 3 aliphatic rings. The molecule has 25 heavy (non-hydrogen) atoms. The highest BCUT2D eigenvalue weighted by Crippen LogP contribution is 2.40. The maximum Gasteiger partial charge on any atom is 0.240 e. The van der Waals surface area contributed by atoms with Crippen LogP contribution in [0, 0.1) is 11.8 Å². The number of ether oxygens (including phenoxy) is 1. The molecular weight excluding hydrogens is 320 g/mol. The summed E-state index contributed by atoms with van der Waals surface area (Å²) < 4.78 is 6.25. The highest BCUT2D eigenvalue weighted by molar-refractivity contribution is 5.89. The van der Waals surface area contributed by atoms with Crippen molar-refractivity contribution >= 4 is 17.6 Å². The molecule has 1 saturated heterocycles. The van der Waals surface area contributed by atoms with Gasteiger partial charge >= 0.3 is 0 Å². The van der Waals surface area contributed by atoms with Crippen molar-refractivity contribution in [3.05, 3.63) is 0 Å². The van der Waals surface area contributed by atoms with Crippen LogP contribution in [0.5, 0.6) is 0 Å². The Bertz CT molecular complexity index is 530. The third-order valence-electron chi connectivity index (χ3n) is 6.13. The van der Waals surface area contributed by atoms with Crippen molar-refractivity contribution in [3.8, 4) is 0 Å². The Morgan fingerprint density at radius 1 is 1.20 bits per heavy atom. The van der Waals surface area contributed by atoms with E-state index in [1.165, 1.54) is 19.8 Å². The monoisotopic (exact) mass is 350 g/mol. The average molecular weight is 350 g/mol. The Hall–Kier alpha value is -1.43. The third kappa shape index (κ3) is 4.22. The van der Waals surface area contributed by atoms with E-state index in [-0.39, 0.29) is 36.1 Å². The zero-order valence-electron chi connectivity index (χ0n) is 15.1. The van der Waals surface area contributed by atoms with E-state index in [9.17, 15) is 14.4 Å². The first-order valence-corrected chi connectivity index (χ1v) is 9.70. The van der Waals surface area contributed by atoms with Crippen molar-refractivity contribution in [2.75, 3.05) is 6.54 Å². The molecule has 1 aliphatic heterocycles. The fourth-order valence-corrected chi connectivity index (χ4v) is 4.80. The Kier molecular flexibility index (Phi) is 5.77. The summed E-state index contributed by atoms with van der Waals surface area (Å²) in [5, 5.41) is 0. The Balaban J connectivity index is 1.60. The van der Waals surface area contributed by atoms with Gasteiger partial charge in [0, 0.05) is 18.9 Å². The van der Waals surface area contributed by atoms with E-state index in [1.54, 1.807) is 4.90 Å². The fraction of sp³-hybridized carbons (Fsp3) is 0.842. The number of rotatable bonds is 7. The number of carbonyl (C=O) groups is 3. The smallest absolute Gasteiger partial charge is 0.240 e. The van der Waals surface area contributed by atoms with Crippen molar-refractivity contribution in [1.29, 1.82) is 0 Å². The normalized spacial score (nSPS) is 31.2. The summed E-state index contributed by atoms with van der Waals surface area (Å²) in [5.41, 5.74) is 5.52. The molecule has 140 valence electrons. The van der Waals surface area contributed by atoms with E-state index in [0.29, 0.717) is 19.1 Å². The highest BCUT2D eigenvalue weighted by Gasteiger charge is 2.47. The maximum atomic E-state index is 12.8. The minimum Gasteiger partial charge on any atom is -0.375 e. The number of hydrogen-bond donors (Lipinski definition) is 1. The second-order valence-corrected chi connectivity index (χ2v) is 7.99. The summed E-state index contributed by atoms with van der Waals surface area (Å²) >= 11 is 0. The molecule has 2 N–H and O–H groups in total. The van der Waals surface area contributed by atoms with Crippen LogP contribution in [0.15, 0.2) is 0 Å². The van der Waals surface area contributed by atoms with Crippen molar-refractivity contribution in [2.45, 2.75) is 83.0 Å². The first-order valence-electron chi connectivity index (χ1n) is 9.70. The van der Waals surface area contributed by atoms with Crippen molar-refractivity contribution in [3.63, 3.8) is 0 Å². The molecule has 0 aromatic rings. The number of Topliss-reactive ketones (excluding diaryl/α,β-unsaturated/α-hetero) is 1. The number of amides is 2. The Labute approximate surface area is 149 Å². The van der Waals surface area contributed by atoms with Gasteiger partial charge in [-0.3, -0.25) is 9.59 Å². The zero-order valence-corrected chi connectivity index (χ0v) is 15.1. The highest BCUT2D eigenvalue weighted by atomic mass is 16.5. The quantitative estimate of drug-likeness (QED) is 0.758. The number of ketones is 1. The lowest BCUT2D eigenvalue weighted by atomic mass is 9.80. The van der Waals surface area contributed by atoms with Crippen molar-refractivity contribution in [2.24, 2.45) is 17.6 Å². The van der Waals surface area contributed by atoms with Gasteiger partial charge in [-0.2, -0.15) is 0 Å². The van der Waals surface area contributed by atoms with E-state index < -0.39 is 11.9 Å². The van der Waals surface area contributed by atoms with Gasteiger partial charge in [-0.05, 0) is 51.4 Å². The minimum absolute atomic E-state index is 0.0115. The molecule has 6 nitrogen and oxygen atoms in total. The number of nitrogens with two attached hydrogens (primary N) is 1. The van der Waals surface area contributed by atoms with Gasteiger partial charge in [0.2, 0.25) is 11.8 Å². The predicted octanol–water partition coefficient (Wildman–Crippen LogP) is 1.80. The molecule has 4 atom stereocenters. The summed E-state index contributed by atoms with van der Waals surface area (Å²) in [6.07, 6.45) is 8.71. The number of fused-ring (bicyclic) bond motifs is 1. The van der Waals surface area contributed by atoms with E-state index in [4.69, 9.17) is 10.5 Å². The first kappa shape index (κ1) is 18.4. The molecule has 0 aromatic carbocycles. The fourth-order valence-electron chi connectivity index (χ4n) is 4.80. The number of hydrogen-bond acceptors (Lipinski definition) is 4. The van der Waals surface area contributed by atoms with Crippen LogP contribution in [0.4, 0.5) is 0 Å². The van der Waals surface area contributed by atoms with E-state index in [0.717, 1.165) is 32.1 Å². The lowest BCUT2D eigenvalue weighted by molar-refractivity contribution is -0.139. The Morgan fingerprint density at radius 2 is 1.92 bits per heavy atom. The van der Waals surface area contributed by atoms with Crippen molar-refractivity contribution in [1.82, 2.24) is 4.90 Å². The van der Waals surface area contributed by atoms with Gasteiger partial charge in [-0.15, -0.1) is 0 Å². The molecule has 2 aliphatic carbocycles. The lowest BCUT2D eigenvalue weighted by Crippen LogP contribution is -2.46. The standard InChI is InChI=1S/C19H30N2O4/c1-12(22)6-9-17(18(20)23)21-11-13-10-15(7-8-16(13)19(21)24)25-14-4-2-3-5-14/h13-17H,2-11H2,1H3,(H2,20,23). The summed E-state index contributed by atoms with van der Waals surface area (Å²) in [6, 6.07) is -0.656. The Morgan fingerprint density at radius 3 is 2.56 bits per heavy atom. The van der Waals surface area contributed by atoms with Gasteiger partial charge < -0.3 is 20.2 Å². The van der Waals surface area contributed by atoms with Gasteiger partial charge in [0.1, 0.15) is 11.8 Å². The molecule has 0 spiro atoms. The van der Waals surface area contributed by atoms with Gasteiger partial charge in [0.15, 0.2) is 0 Å². The van der Waals surface area contributed by atoms with Crippen LogP contribution in [0.2, 0.25) is 0 Å². The molecule has 1 heterocycles. The molecule has 6 heteroatoms. The zero-order chi connectivity index (χ0) is 18.0. The molecule has 4 unspecified atom stereocenters. The topological polar surface area (TPSA) is 89.7 Å². The van der Waals surface area contributed by atoms with Crippen LogP contribution in [0.3, 0.4) is 0 Å². The SMILES string of the molecule is CC(=O)CCC(C(N)=O)N1CC2CC(OC3CCCC3)CCC2C1=O. The van der Waals surface area contributed by atoms with Crippen molar-refractivity contribution < 1.29 is 19.1 Å². The van der Waals surface area contributed by atoms with Crippen LogP contribution >= 0.6 is 0 Å². The summed E-state index contributed by atoms with van der Waals surface area (Å²) in [4.78, 5) is 37.5. The summed E-state index contributed by atoms with van der Waals surface area (Å²) in [7, 11) is 0. The predicted molar refractivity (Wildman–Crippen MR) is 92.6 cm³/mol. The summed E-state index contributed by atoms with van der Waals surface area (Å²) in [5.74, 6) is -0.224. The van der Waals surface area contributed by atoms with Gasteiger partial charge in [-0.1, -0.05) is 12.8 Å². The third-order valence-corrected chi connectivity index (χ3v) is 6.13. The molecule has 3 rings (SSSR count). The van der Waals surface area contributed by atoms with Crippen LogP contribution in [0.1, 0.15) is 64.7 Å². The minimum atomic E-state index is -0.656. The molecule has 0 bridgehead atoms. The van der Waals surface area contributed by atoms with Crippen LogP contribution in [-0.2, 0) is 19.1 Å². The van der Waals surface area contributed by atoms with Gasteiger partial charge in [0.05, 0.1) is 12.2 Å². The van der Waals surface area contributed by atoms with Crippen LogP contribution < -0.4 is 5.73 Å². The molecular formula is C19H30N2O4. The molecule has 0 aromatic heterocycles.